The zero-order valence-corrected chi connectivity index (χ0v) is 16.9. The van der Waals surface area contributed by atoms with Crippen LogP contribution >= 0.6 is 0 Å². The molecule has 28 heavy (non-hydrogen) atoms. The molecule has 0 saturated carbocycles. The minimum Gasteiger partial charge on any atom is -0.494 e. The van der Waals surface area contributed by atoms with Gasteiger partial charge in [0.25, 0.3) is 5.56 Å². The molecule has 2 aromatic rings. The molecule has 0 bridgehead atoms. The molecule has 7 nitrogen and oxygen atoms in total. The highest BCUT2D eigenvalue weighted by Crippen LogP contribution is 2.15. The highest BCUT2D eigenvalue weighted by atomic mass is 16.3. The van der Waals surface area contributed by atoms with Gasteiger partial charge in [0, 0.05) is 6.54 Å². The second-order valence-electron chi connectivity index (χ2n) is 6.59. The second kappa shape index (κ2) is 10.6. The highest BCUT2D eigenvalue weighted by Gasteiger charge is 2.18. The molecule has 1 heterocycles. The summed E-state index contributed by atoms with van der Waals surface area (Å²) in [6.07, 6.45) is 1.36. The summed E-state index contributed by atoms with van der Waals surface area (Å²) >= 11 is 0. The minimum atomic E-state index is -0.632. The lowest BCUT2D eigenvalue weighted by Gasteiger charge is -2.17. The van der Waals surface area contributed by atoms with Crippen molar-refractivity contribution < 1.29 is 5.11 Å². The molecular weight excluding hydrogens is 356 g/mol. The number of nitrogens with zero attached hydrogens (tertiary/aromatic N) is 3. The normalized spacial score (nSPS) is 11.9. The predicted octanol–water partition coefficient (Wildman–Crippen LogP) is 2.22. The molecule has 1 aromatic carbocycles. The van der Waals surface area contributed by atoms with E-state index in [-0.39, 0.29) is 18.0 Å². The van der Waals surface area contributed by atoms with Crippen molar-refractivity contribution in [2.75, 3.05) is 26.2 Å². The molecule has 0 aliphatic rings. The quantitative estimate of drug-likeness (QED) is 0.484. The molecule has 0 aliphatic carbocycles. The fourth-order valence-electron chi connectivity index (χ4n) is 3.15. The summed E-state index contributed by atoms with van der Waals surface area (Å²) in [5.74, 6) is -0.332. The van der Waals surface area contributed by atoms with Gasteiger partial charge in [-0.3, -0.25) is 19.3 Å². The van der Waals surface area contributed by atoms with Crippen molar-refractivity contribution in [1.29, 1.82) is 0 Å². The lowest BCUT2D eigenvalue weighted by Crippen LogP contribution is -2.34. The Morgan fingerprint density at radius 2 is 1.82 bits per heavy atom. The highest BCUT2D eigenvalue weighted by molar-refractivity contribution is 6.01. The van der Waals surface area contributed by atoms with Crippen molar-refractivity contribution in [3.63, 3.8) is 0 Å². The summed E-state index contributed by atoms with van der Waals surface area (Å²) in [5.41, 5.74) is 0.219. The molecule has 0 aliphatic heterocycles. The van der Waals surface area contributed by atoms with Crippen LogP contribution in [0.5, 0.6) is 5.88 Å². The van der Waals surface area contributed by atoms with Crippen molar-refractivity contribution >= 4 is 5.71 Å². The van der Waals surface area contributed by atoms with Crippen molar-refractivity contribution in [2.45, 2.75) is 40.2 Å². The van der Waals surface area contributed by atoms with E-state index in [4.69, 9.17) is 0 Å². The van der Waals surface area contributed by atoms with Crippen LogP contribution < -0.4 is 11.2 Å². The number of benzene rings is 1. The molecule has 1 aromatic heterocycles. The molecule has 0 amide bonds. The Bertz CT molecular complexity index is 896. The van der Waals surface area contributed by atoms with E-state index in [2.05, 4.69) is 28.7 Å². The van der Waals surface area contributed by atoms with Gasteiger partial charge in [0.05, 0.1) is 12.3 Å². The molecule has 0 radical (unpaired) electrons. The first-order valence-electron chi connectivity index (χ1n) is 9.87. The zero-order valence-electron chi connectivity index (χ0n) is 16.9. The standard InChI is InChI=1S/C21H30N4O3/c1-4-17(22-13-10-14-24(5-2)6-3)18-19(26)23-21(28)25(20(18)27)15-16-11-8-7-9-12-16/h7-9,11-12,27H,4-6,10,13-15H2,1-3H3,(H,23,26,28). The molecule has 0 atom stereocenters. The van der Waals surface area contributed by atoms with E-state index in [1.807, 2.05) is 37.3 Å². The van der Waals surface area contributed by atoms with E-state index in [0.717, 1.165) is 31.6 Å². The number of rotatable bonds is 10. The van der Waals surface area contributed by atoms with E-state index in [1.54, 1.807) is 0 Å². The Kier molecular flexibility index (Phi) is 8.19. The number of hydrogen-bond acceptors (Lipinski definition) is 5. The molecule has 152 valence electrons. The fraction of sp³-hybridized carbons (Fsp3) is 0.476. The number of nitrogens with one attached hydrogen (secondary N) is 1. The second-order valence-corrected chi connectivity index (χ2v) is 6.59. The van der Waals surface area contributed by atoms with Crippen LogP contribution in [0.2, 0.25) is 0 Å². The number of aromatic hydroxyl groups is 1. The Morgan fingerprint density at radius 1 is 1.14 bits per heavy atom. The molecule has 7 heteroatoms. The topological polar surface area (TPSA) is 90.7 Å². The SMILES string of the molecule is CCC(=NCCCN(CC)CC)c1c(O)n(Cc2ccccc2)c(=O)[nH]c1=O. The number of aromatic amines is 1. The summed E-state index contributed by atoms with van der Waals surface area (Å²) in [5, 5.41) is 10.7. The van der Waals surface area contributed by atoms with Gasteiger partial charge in [0.15, 0.2) is 0 Å². The third-order valence-corrected chi connectivity index (χ3v) is 4.81. The van der Waals surface area contributed by atoms with Crippen molar-refractivity contribution in [3.8, 4) is 5.88 Å². The Morgan fingerprint density at radius 3 is 2.43 bits per heavy atom. The average molecular weight is 386 g/mol. The maximum atomic E-state index is 12.4. The van der Waals surface area contributed by atoms with Gasteiger partial charge in [-0.25, -0.2) is 4.79 Å². The van der Waals surface area contributed by atoms with Gasteiger partial charge in [-0.15, -0.1) is 0 Å². The Balaban J connectivity index is 2.29. The van der Waals surface area contributed by atoms with Crippen LogP contribution in [0.4, 0.5) is 0 Å². The van der Waals surface area contributed by atoms with Crippen LogP contribution in [0.25, 0.3) is 0 Å². The van der Waals surface area contributed by atoms with Crippen LogP contribution in [0.3, 0.4) is 0 Å². The van der Waals surface area contributed by atoms with Crippen LogP contribution in [0.1, 0.15) is 44.7 Å². The third-order valence-electron chi connectivity index (χ3n) is 4.81. The lowest BCUT2D eigenvalue weighted by atomic mass is 10.1. The van der Waals surface area contributed by atoms with Gasteiger partial charge < -0.3 is 10.0 Å². The monoisotopic (exact) mass is 386 g/mol. The van der Waals surface area contributed by atoms with E-state index < -0.39 is 11.2 Å². The molecule has 2 rings (SSSR count). The van der Waals surface area contributed by atoms with E-state index in [0.29, 0.717) is 18.7 Å². The largest absolute Gasteiger partial charge is 0.494 e. The Hall–Kier alpha value is -2.67. The van der Waals surface area contributed by atoms with Crippen LogP contribution in [0, 0.1) is 0 Å². The van der Waals surface area contributed by atoms with Crippen LogP contribution in [-0.2, 0) is 6.54 Å². The van der Waals surface area contributed by atoms with Crippen molar-refractivity contribution in [1.82, 2.24) is 14.5 Å². The summed E-state index contributed by atoms with van der Waals surface area (Å²) in [6.45, 7) is 9.79. The van der Waals surface area contributed by atoms with Crippen LogP contribution in [0.15, 0.2) is 44.9 Å². The average Bonchev–Trinajstić information content (AvgIpc) is 2.70. The number of hydrogen-bond donors (Lipinski definition) is 2. The number of aromatic nitrogens is 2. The molecule has 0 fully saturated rings. The van der Waals surface area contributed by atoms with Gasteiger partial charge in [0.2, 0.25) is 5.88 Å². The Labute approximate surface area is 165 Å². The molecule has 0 unspecified atom stereocenters. The van der Waals surface area contributed by atoms with Crippen LogP contribution in [-0.4, -0.2) is 51.4 Å². The third kappa shape index (κ3) is 5.42. The van der Waals surface area contributed by atoms with E-state index in [9.17, 15) is 14.7 Å². The smallest absolute Gasteiger partial charge is 0.331 e. The lowest BCUT2D eigenvalue weighted by molar-refractivity contribution is 0.302. The molecule has 0 spiro atoms. The van der Waals surface area contributed by atoms with E-state index >= 15 is 0 Å². The molecule has 2 N–H and O–H groups in total. The summed E-state index contributed by atoms with van der Waals surface area (Å²) in [6, 6.07) is 9.32. The van der Waals surface area contributed by atoms with E-state index in [1.165, 1.54) is 4.57 Å². The first-order valence-corrected chi connectivity index (χ1v) is 9.87. The summed E-state index contributed by atoms with van der Waals surface area (Å²) < 4.78 is 1.17. The maximum absolute atomic E-state index is 12.4. The summed E-state index contributed by atoms with van der Waals surface area (Å²) in [4.78, 5) is 33.8. The first-order chi connectivity index (χ1) is 13.5. The van der Waals surface area contributed by atoms with Gasteiger partial charge in [-0.2, -0.15) is 0 Å². The predicted molar refractivity (Wildman–Crippen MR) is 113 cm³/mol. The van der Waals surface area contributed by atoms with Gasteiger partial charge in [-0.1, -0.05) is 51.1 Å². The van der Waals surface area contributed by atoms with Gasteiger partial charge in [-0.05, 0) is 38.0 Å². The fourth-order valence-corrected chi connectivity index (χ4v) is 3.15. The molecule has 0 saturated heterocycles. The van der Waals surface area contributed by atoms with Crippen molar-refractivity contribution in [3.05, 3.63) is 62.3 Å². The first kappa shape index (κ1) is 21.6. The van der Waals surface area contributed by atoms with Crippen molar-refractivity contribution in [2.24, 2.45) is 4.99 Å². The number of aliphatic imine (C=N–C) groups is 1. The maximum Gasteiger partial charge on any atom is 0.331 e. The minimum absolute atomic E-state index is 0.0841. The number of H-pyrrole nitrogens is 1. The molecular formula is C21H30N4O3. The zero-order chi connectivity index (χ0) is 20.5. The summed E-state index contributed by atoms with van der Waals surface area (Å²) in [7, 11) is 0. The van der Waals surface area contributed by atoms with Gasteiger partial charge in [0.1, 0.15) is 5.56 Å². The van der Waals surface area contributed by atoms with Gasteiger partial charge >= 0.3 is 5.69 Å².